The van der Waals surface area contributed by atoms with Crippen LogP contribution >= 0.6 is 0 Å². The molecule has 160 valence electrons. The van der Waals surface area contributed by atoms with Gasteiger partial charge in [0.25, 0.3) is 10.0 Å². The molecule has 0 N–H and O–H groups in total. The number of rotatable bonds is 3. The molecule has 0 unspecified atom stereocenters. The van der Waals surface area contributed by atoms with Crippen molar-refractivity contribution in [2.75, 3.05) is 29.1 Å². The van der Waals surface area contributed by atoms with Crippen LogP contribution in [0.2, 0.25) is 0 Å². The third-order valence-electron chi connectivity index (χ3n) is 6.19. The Hall–Kier alpha value is -3.07. The summed E-state index contributed by atoms with van der Waals surface area (Å²) >= 11 is 0. The minimum Gasteiger partial charge on any atom is -0.486 e. The maximum Gasteiger partial charge on any atom is 0.267 e. The highest BCUT2D eigenvalue weighted by Crippen LogP contribution is 2.42. The van der Waals surface area contributed by atoms with Crippen LogP contribution in [0.5, 0.6) is 11.5 Å². The number of para-hydroxylation sites is 2. The molecule has 6 rings (SSSR count). The first-order valence-electron chi connectivity index (χ1n) is 10.6. The molecule has 9 heteroatoms. The number of anilines is 2. The Morgan fingerprint density at radius 1 is 0.871 bits per heavy atom. The third-order valence-corrected chi connectivity index (χ3v) is 7.91. The number of sulfonamides is 1. The average molecular weight is 439 g/mol. The summed E-state index contributed by atoms with van der Waals surface area (Å²) in [5.41, 5.74) is 1.44. The van der Waals surface area contributed by atoms with Gasteiger partial charge in [0.2, 0.25) is 0 Å². The number of fused-ring (bicyclic) bond motifs is 3. The van der Waals surface area contributed by atoms with E-state index in [1.807, 2.05) is 24.3 Å². The standard InChI is InChI=1S/C22H22N4O4S/c27-31(28,16-9-10-19-20(13-16)30-12-11-29-19)26-14-25(15-5-1-2-6-15)21-22(26)24-18-8-4-3-7-17(18)23-21/h3-4,7-10,13,15H,1-2,5-6,11-12,14H2. The number of hydrogen-bond donors (Lipinski definition) is 0. The molecule has 31 heavy (non-hydrogen) atoms. The summed E-state index contributed by atoms with van der Waals surface area (Å²) < 4.78 is 40.0. The van der Waals surface area contributed by atoms with E-state index in [4.69, 9.17) is 19.4 Å². The molecule has 2 aromatic carbocycles. The molecule has 2 aliphatic heterocycles. The van der Waals surface area contributed by atoms with Gasteiger partial charge in [-0.3, -0.25) is 0 Å². The van der Waals surface area contributed by atoms with Gasteiger partial charge in [-0.1, -0.05) is 25.0 Å². The second-order valence-electron chi connectivity index (χ2n) is 8.07. The molecule has 1 aliphatic carbocycles. The van der Waals surface area contributed by atoms with Crippen LogP contribution in [0, 0.1) is 0 Å². The summed E-state index contributed by atoms with van der Waals surface area (Å²) in [5.74, 6) is 2.04. The first-order valence-corrected chi connectivity index (χ1v) is 12.0. The van der Waals surface area contributed by atoms with Crippen LogP contribution in [0.25, 0.3) is 11.0 Å². The lowest BCUT2D eigenvalue weighted by Crippen LogP contribution is -2.40. The summed E-state index contributed by atoms with van der Waals surface area (Å²) in [4.78, 5) is 11.8. The molecule has 3 heterocycles. The third kappa shape index (κ3) is 2.98. The average Bonchev–Trinajstić information content (AvgIpc) is 3.45. The summed E-state index contributed by atoms with van der Waals surface area (Å²) in [6, 6.07) is 12.6. The van der Waals surface area contributed by atoms with E-state index in [9.17, 15) is 8.42 Å². The zero-order chi connectivity index (χ0) is 21.0. The molecule has 0 saturated heterocycles. The van der Waals surface area contributed by atoms with Gasteiger partial charge in [0.15, 0.2) is 23.1 Å². The van der Waals surface area contributed by atoms with Crippen molar-refractivity contribution in [3.8, 4) is 11.5 Å². The van der Waals surface area contributed by atoms with Gasteiger partial charge in [0.1, 0.15) is 19.9 Å². The second-order valence-corrected chi connectivity index (χ2v) is 9.93. The SMILES string of the molecule is O=S(=O)(c1ccc2c(c1)OCCO2)N1CN(C2CCCC2)c2nc3ccccc3nc21. The van der Waals surface area contributed by atoms with Crippen molar-refractivity contribution < 1.29 is 17.9 Å². The Balaban J connectivity index is 1.47. The second kappa shape index (κ2) is 6.98. The number of nitrogens with zero attached hydrogens (tertiary/aromatic N) is 4. The van der Waals surface area contributed by atoms with E-state index in [1.165, 1.54) is 10.4 Å². The van der Waals surface area contributed by atoms with Gasteiger partial charge in [-0.05, 0) is 37.1 Å². The zero-order valence-corrected chi connectivity index (χ0v) is 17.7. The molecule has 0 radical (unpaired) electrons. The summed E-state index contributed by atoms with van der Waals surface area (Å²) in [6.45, 7) is 1.07. The van der Waals surface area contributed by atoms with Crippen LogP contribution in [0.15, 0.2) is 47.4 Å². The van der Waals surface area contributed by atoms with Crippen molar-refractivity contribution in [3.63, 3.8) is 0 Å². The Bertz CT molecular complexity index is 1270. The highest BCUT2D eigenvalue weighted by Gasteiger charge is 2.41. The minimum absolute atomic E-state index is 0.158. The summed E-state index contributed by atoms with van der Waals surface area (Å²) in [5, 5.41) is 0. The molecule has 3 aliphatic rings. The summed E-state index contributed by atoms with van der Waals surface area (Å²) in [6.07, 6.45) is 4.36. The fourth-order valence-corrected chi connectivity index (χ4v) is 6.00. The van der Waals surface area contributed by atoms with E-state index in [1.54, 1.807) is 12.1 Å². The molecule has 3 aromatic rings. The van der Waals surface area contributed by atoms with Crippen LogP contribution in [-0.2, 0) is 10.0 Å². The first kappa shape index (κ1) is 18.7. The van der Waals surface area contributed by atoms with Gasteiger partial charge in [0, 0.05) is 12.1 Å². The molecular formula is C22H22N4O4S. The topological polar surface area (TPSA) is 84.9 Å². The monoisotopic (exact) mass is 438 g/mol. The van der Waals surface area contributed by atoms with Gasteiger partial charge < -0.3 is 14.4 Å². The zero-order valence-electron chi connectivity index (χ0n) is 16.9. The number of hydrogen-bond acceptors (Lipinski definition) is 7. The molecule has 0 amide bonds. The maximum absolute atomic E-state index is 13.7. The van der Waals surface area contributed by atoms with Crippen molar-refractivity contribution in [2.45, 2.75) is 36.6 Å². The van der Waals surface area contributed by atoms with Gasteiger partial charge in [0.05, 0.1) is 15.9 Å². The fraction of sp³-hybridized carbons (Fsp3) is 0.364. The number of ether oxygens (including phenoxy) is 2. The molecule has 8 nitrogen and oxygen atoms in total. The van der Waals surface area contributed by atoms with E-state index in [-0.39, 0.29) is 17.6 Å². The van der Waals surface area contributed by atoms with Crippen LogP contribution in [0.3, 0.4) is 0 Å². The van der Waals surface area contributed by atoms with Crippen molar-refractivity contribution in [1.29, 1.82) is 0 Å². The Morgan fingerprint density at radius 3 is 2.29 bits per heavy atom. The minimum atomic E-state index is -3.86. The molecule has 1 fully saturated rings. The Kier molecular flexibility index (Phi) is 4.21. The molecule has 1 saturated carbocycles. The number of aromatic nitrogens is 2. The van der Waals surface area contributed by atoms with E-state index in [2.05, 4.69) is 4.90 Å². The Labute approximate surface area is 180 Å². The summed E-state index contributed by atoms with van der Waals surface area (Å²) in [7, 11) is -3.86. The van der Waals surface area contributed by atoms with Crippen molar-refractivity contribution in [2.24, 2.45) is 0 Å². The largest absolute Gasteiger partial charge is 0.486 e. The van der Waals surface area contributed by atoms with Crippen LogP contribution in [0.1, 0.15) is 25.7 Å². The van der Waals surface area contributed by atoms with Crippen molar-refractivity contribution in [3.05, 3.63) is 42.5 Å². The van der Waals surface area contributed by atoms with E-state index in [0.717, 1.165) is 31.2 Å². The molecule has 0 spiro atoms. The van der Waals surface area contributed by atoms with E-state index in [0.29, 0.717) is 41.9 Å². The van der Waals surface area contributed by atoms with Crippen molar-refractivity contribution >= 4 is 32.7 Å². The quantitative estimate of drug-likeness (QED) is 0.620. The predicted molar refractivity (Wildman–Crippen MR) is 116 cm³/mol. The van der Waals surface area contributed by atoms with Gasteiger partial charge >= 0.3 is 0 Å². The van der Waals surface area contributed by atoms with Crippen LogP contribution in [0.4, 0.5) is 11.6 Å². The van der Waals surface area contributed by atoms with Gasteiger partial charge in [-0.15, -0.1) is 0 Å². The predicted octanol–water partition coefficient (Wildman–Crippen LogP) is 3.32. The lowest BCUT2D eigenvalue weighted by atomic mass is 10.2. The Morgan fingerprint density at radius 2 is 1.55 bits per heavy atom. The lowest BCUT2D eigenvalue weighted by molar-refractivity contribution is 0.171. The molecule has 0 bridgehead atoms. The molecular weight excluding hydrogens is 416 g/mol. The van der Waals surface area contributed by atoms with Crippen LogP contribution in [-0.4, -0.2) is 44.3 Å². The van der Waals surface area contributed by atoms with E-state index < -0.39 is 10.0 Å². The first-order chi connectivity index (χ1) is 15.1. The van der Waals surface area contributed by atoms with Crippen molar-refractivity contribution in [1.82, 2.24) is 9.97 Å². The fourth-order valence-electron chi connectivity index (χ4n) is 4.62. The maximum atomic E-state index is 13.7. The normalized spacial score (nSPS) is 18.6. The van der Waals surface area contributed by atoms with E-state index >= 15 is 0 Å². The van der Waals surface area contributed by atoms with Gasteiger partial charge in [-0.25, -0.2) is 22.7 Å². The van der Waals surface area contributed by atoms with Crippen LogP contribution < -0.4 is 18.7 Å². The van der Waals surface area contributed by atoms with Gasteiger partial charge in [-0.2, -0.15) is 0 Å². The molecule has 1 aromatic heterocycles. The highest BCUT2D eigenvalue weighted by atomic mass is 32.2. The number of benzene rings is 2. The molecule has 0 atom stereocenters. The smallest absolute Gasteiger partial charge is 0.267 e. The highest BCUT2D eigenvalue weighted by molar-refractivity contribution is 7.92. The lowest BCUT2D eigenvalue weighted by Gasteiger charge is -2.26.